The molecule has 7 heteroatoms. The number of aryl methyl sites for hydroxylation is 1. The van der Waals surface area contributed by atoms with Crippen molar-refractivity contribution in [1.82, 2.24) is 9.55 Å². The van der Waals surface area contributed by atoms with Crippen LogP contribution >= 0.6 is 0 Å². The molecule has 1 atom stereocenters. The van der Waals surface area contributed by atoms with Crippen LogP contribution in [0.1, 0.15) is 6.42 Å². The van der Waals surface area contributed by atoms with E-state index < -0.39 is 11.4 Å². The van der Waals surface area contributed by atoms with E-state index in [1.54, 1.807) is 0 Å². The molecule has 0 aromatic carbocycles. The standard InChI is InChI=1S/C9H16N4O3/c1-16-9(11,6-14)3-5-13-4-2-7(10)12-8(13)15/h2,4,14H,3,5-6,11H2,1H3,(H2,10,12,15)/t9-/m0/s1. The van der Waals surface area contributed by atoms with E-state index in [-0.39, 0.29) is 12.4 Å². The molecular formula is C9H16N4O3. The lowest BCUT2D eigenvalue weighted by Gasteiger charge is -2.25. The Hall–Kier alpha value is -1.44. The Labute approximate surface area is 92.7 Å². The highest BCUT2D eigenvalue weighted by Crippen LogP contribution is 2.07. The summed E-state index contributed by atoms with van der Waals surface area (Å²) < 4.78 is 6.29. The van der Waals surface area contributed by atoms with Gasteiger partial charge in [0, 0.05) is 26.3 Å². The number of aromatic nitrogens is 2. The summed E-state index contributed by atoms with van der Waals surface area (Å²) in [5, 5.41) is 9.00. The Bertz CT molecular complexity index is 400. The maximum atomic E-state index is 11.4. The van der Waals surface area contributed by atoms with Gasteiger partial charge in [0.25, 0.3) is 0 Å². The van der Waals surface area contributed by atoms with Gasteiger partial charge in [-0.25, -0.2) is 4.79 Å². The number of hydrogen-bond acceptors (Lipinski definition) is 6. The Kier molecular flexibility index (Phi) is 3.99. The molecule has 1 rings (SSSR count). The lowest BCUT2D eigenvalue weighted by molar-refractivity contribution is -0.0557. The number of nitrogens with zero attached hydrogens (tertiary/aromatic N) is 2. The van der Waals surface area contributed by atoms with E-state index in [1.807, 2.05) is 0 Å². The Morgan fingerprint density at radius 1 is 1.69 bits per heavy atom. The van der Waals surface area contributed by atoms with Gasteiger partial charge in [-0.3, -0.25) is 4.57 Å². The van der Waals surface area contributed by atoms with E-state index in [0.29, 0.717) is 13.0 Å². The first-order chi connectivity index (χ1) is 7.50. The highest BCUT2D eigenvalue weighted by molar-refractivity contribution is 5.23. The van der Waals surface area contributed by atoms with Gasteiger partial charge in [-0.05, 0) is 6.07 Å². The topological polar surface area (TPSA) is 116 Å². The maximum Gasteiger partial charge on any atom is 0.349 e. The number of nitrogen functional groups attached to an aromatic ring is 1. The second kappa shape index (κ2) is 5.06. The van der Waals surface area contributed by atoms with Crippen molar-refractivity contribution < 1.29 is 9.84 Å². The number of hydrogen-bond donors (Lipinski definition) is 3. The molecule has 0 spiro atoms. The van der Waals surface area contributed by atoms with Crippen LogP contribution < -0.4 is 17.2 Å². The van der Waals surface area contributed by atoms with Crippen molar-refractivity contribution in [3.63, 3.8) is 0 Å². The first kappa shape index (κ1) is 12.6. The second-order valence-corrected chi connectivity index (χ2v) is 3.51. The highest BCUT2D eigenvalue weighted by atomic mass is 16.5. The van der Waals surface area contributed by atoms with Gasteiger partial charge in [-0.2, -0.15) is 4.98 Å². The molecule has 0 amide bonds. The zero-order valence-electron chi connectivity index (χ0n) is 9.09. The predicted molar refractivity (Wildman–Crippen MR) is 58.5 cm³/mol. The van der Waals surface area contributed by atoms with E-state index in [4.69, 9.17) is 21.3 Å². The fourth-order valence-electron chi connectivity index (χ4n) is 1.17. The molecule has 16 heavy (non-hydrogen) atoms. The van der Waals surface area contributed by atoms with Crippen LogP contribution in [0.2, 0.25) is 0 Å². The second-order valence-electron chi connectivity index (χ2n) is 3.51. The van der Waals surface area contributed by atoms with Crippen LogP contribution in [0.5, 0.6) is 0 Å². The fourth-order valence-corrected chi connectivity index (χ4v) is 1.17. The van der Waals surface area contributed by atoms with Gasteiger partial charge in [-0.1, -0.05) is 0 Å². The molecule has 1 aromatic rings. The van der Waals surface area contributed by atoms with Crippen molar-refractivity contribution in [2.45, 2.75) is 18.7 Å². The van der Waals surface area contributed by atoms with Crippen LogP contribution in [0, 0.1) is 0 Å². The minimum absolute atomic E-state index is 0.175. The summed E-state index contributed by atoms with van der Waals surface area (Å²) in [5.74, 6) is 0.175. The first-order valence-electron chi connectivity index (χ1n) is 4.78. The summed E-state index contributed by atoms with van der Waals surface area (Å²) in [6.07, 6.45) is 1.82. The Morgan fingerprint density at radius 2 is 2.38 bits per heavy atom. The van der Waals surface area contributed by atoms with Gasteiger partial charge < -0.3 is 21.3 Å². The molecule has 0 aliphatic carbocycles. The summed E-state index contributed by atoms with van der Waals surface area (Å²) in [6, 6.07) is 1.52. The van der Waals surface area contributed by atoms with Gasteiger partial charge in [0.15, 0.2) is 0 Å². The van der Waals surface area contributed by atoms with Gasteiger partial charge >= 0.3 is 5.69 Å². The van der Waals surface area contributed by atoms with Crippen LogP contribution in [0.25, 0.3) is 0 Å². The lowest BCUT2D eigenvalue weighted by atomic mass is 10.1. The summed E-state index contributed by atoms with van der Waals surface area (Å²) in [4.78, 5) is 14.9. The van der Waals surface area contributed by atoms with Crippen LogP contribution in [0.3, 0.4) is 0 Å². The first-order valence-corrected chi connectivity index (χ1v) is 4.78. The largest absolute Gasteiger partial charge is 0.392 e. The van der Waals surface area contributed by atoms with Crippen LogP contribution in [0.4, 0.5) is 5.82 Å². The normalized spacial score (nSPS) is 14.7. The molecular weight excluding hydrogens is 212 g/mol. The fraction of sp³-hybridized carbons (Fsp3) is 0.556. The number of nitrogens with two attached hydrogens (primary N) is 2. The van der Waals surface area contributed by atoms with E-state index >= 15 is 0 Å². The molecule has 0 radical (unpaired) electrons. The molecule has 0 bridgehead atoms. The predicted octanol–water partition coefficient (Wildman–Crippen LogP) is -1.49. The number of rotatable bonds is 5. The maximum absolute atomic E-state index is 11.4. The third-order valence-electron chi connectivity index (χ3n) is 2.35. The molecule has 5 N–H and O–H groups in total. The van der Waals surface area contributed by atoms with Crippen LogP contribution in [0.15, 0.2) is 17.1 Å². The number of anilines is 1. The molecule has 7 nitrogen and oxygen atoms in total. The number of methoxy groups -OCH3 is 1. The molecule has 0 unspecified atom stereocenters. The van der Waals surface area contributed by atoms with Gasteiger partial charge in [0.05, 0.1) is 6.61 Å². The summed E-state index contributed by atoms with van der Waals surface area (Å²) in [6.45, 7) is -0.0162. The zero-order chi connectivity index (χ0) is 12.2. The smallest absolute Gasteiger partial charge is 0.349 e. The molecule has 0 saturated heterocycles. The van der Waals surface area contributed by atoms with Gasteiger partial charge in [-0.15, -0.1) is 0 Å². The van der Waals surface area contributed by atoms with Crippen molar-refractivity contribution in [1.29, 1.82) is 0 Å². The average Bonchev–Trinajstić information content (AvgIpc) is 2.27. The van der Waals surface area contributed by atoms with Crippen LogP contribution in [-0.2, 0) is 11.3 Å². The van der Waals surface area contributed by atoms with Crippen molar-refractivity contribution in [2.24, 2.45) is 5.73 Å². The van der Waals surface area contributed by atoms with E-state index in [1.165, 1.54) is 23.9 Å². The molecule has 0 aliphatic rings. The summed E-state index contributed by atoms with van der Waals surface area (Å²) in [7, 11) is 1.40. The molecule has 90 valence electrons. The SMILES string of the molecule is CO[C@](N)(CO)CCn1ccc(N)nc1=O. The van der Waals surface area contributed by atoms with Gasteiger partial charge in [0.1, 0.15) is 11.5 Å². The van der Waals surface area contributed by atoms with E-state index in [0.717, 1.165) is 0 Å². The monoisotopic (exact) mass is 228 g/mol. The average molecular weight is 228 g/mol. The third kappa shape index (κ3) is 3.02. The zero-order valence-corrected chi connectivity index (χ0v) is 9.09. The van der Waals surface area contributed by atoms with Crippen molar-refractivity contribution in [3.8, 4) is 0 Å². The third-order valence-corrected chi connectivity index (χ3v) is 2.35. The van der Waals surface area contributed by atoms with E-state index in [9.17, 15) is 4.79 Å². The van der Waals surface area contributed by atoms with Crippen molar-refractivity contribution in [2.75, 3.05) is 19.5 Å². The molecule has 1 aromatic heterocycles. The Balaban J connectivity index is 2.71. The Morgan fingerprint density at radius 3 is 2.88 bits per heavy atom. The number of aliphatic hydroxyl groups excluding tert-OH is 1. The summed E-state index contributed by atoms with van der Waals surface area (Å²) >= 11 is 0. The van der Waals surface area contributed by atoms with Crippen LogP contribution in [-0.4, -0.2) is 34.1 Å². The molecule has 0 aliphatic heterocycles. The summed E-state index contributed by atoms with van der Waals surface area (Å²) in [5.41, 5.74) is 9.45. The molecule has 0 saturated carbocycles. The van der Waals surface area contributed by atoms with E-state index in [2.05, 4.69) is 4.98 Å². The number of aliphatic hydroxyl groups is 1. The molecule has 0 fully saturated rings. The number of ether oxygens (including phenoxy) is 1. The minimum atomic E-state index is -1.14. The van der Waals surface area contributed by atoms with Crippen molar-refractivity contribution in [3.05, 3.63) is 22.7 Å². The molecule has 1 heterocycles. The quantitative estimate of drug-likeness (QED) is 0.529. The van der Waals surface area contributed by atoms with Gasteiger partial charge in [0.2, 0.25) is 0 Å². The highest BCUT2D eigenvalue weighted by Gasteiger charge is 2.22. The minimum Gasteiger partial charge on any atom is -0.392 e. The lowest BCUT2D eigenvalue weighted by Crippen LogP contribution is -2.46. The van der Waals surface area contributed by atoms with Crippen molar-refractivity contribution >= 4 is 5.82 Å².